The van der Waals surface area contributed by atoms with Crippen molar-refractivity contribution in [3.05, 3.63) is 12.7 Å². The van der Waals surface area contributed by atoms with Gasteiger partial charge in [-0.05, 0) is 66.2 Å². The minimum absolute atomic E-state index is 0. The molecule has 0 aromatic rings. The molecule has 0 spiro atoms. The molecule has 0 saturated heterocycles. The maximum Gasteiger partial charge on any atom is 0.303 e. The van der Waals surface area contributed by atoms with Crippen LogP contribution in [0.4, 0.5) is 0 Å². The number of carboxylic acid groups (broad SMARTS) is 3. The molecule has 14 heteroatoms. The fraction of sp³-hybridized carbons (Fsp3) is 0.600. The second-order valence-corrected chi connectivity index (χ2v) is 9.57. The second kappa shape index (κ2) is 29.6. The average Bonchev–Trinajstić information content (AvgIpc) is 2.92. The van der Waals surface area contributed by atoms with E-state index in [0.717, 1.165) is 0 Å². The van der Waals surface area contributed by atoms with Gasteiger partial charge in [-0.3, -0.25) is 24.0 Å². The number of aliphatic carboxylic acids is 3. The molecule has 0 saturated carbocycles. The van der Waals surface area contributed by atoms with Crippen molar-refractivity contribution in [1.82, 2.24) is 6.15 Å². The lowest BCUT2D eigenvalue weighted by Gasteiger charge is -2.30. The molecule has 0 aromatic carbocycles. The zero-order valence-electron chi connectivity index (χ0n) is 26.1. The van der Waals surface area contributed by atoms with Crippen LogP contribution in [0.15, 0.2) is 12.7 Å². The molecule has 0 radical (unpaired) electrons. The third-order valence-electron chi connectivity index (χ3n) is 6.18. The van der Waals surface area contributed by atoms with Crippen LogP contribution in [0.3, 0.4) is 0 Å². The number of allylic oxidation sites excluding steroid dienone is 1. The molecule has 44 heavy (non-hydrogen) atoms. The number of Topliss-reactive ketones (excluding diaryl/α,β-unsaturated/α-hetero) is 3. The summed E-state index contributed by atoms with van der Waals surface area (Å²) in [6.45, 7) is 8.89. The summed E-state index contributed by atoms with van der Waals surface area (Å²) in [5, 5.41) is 59.2. The largest absolute Gasteiger partial charge is 0.481 e. The Balaban J connectivity index is -0.000000183. The number of carbonyl (C=O) groups excluding carboxylic acids is 3. The van der Waals surface area contributed by atoms with Crippen LogP contribution in [0, 0.1) is 56.2 Å². The third kappa shape index (κ3) is 28.6. The van der Waals surface area contributed by atoms with Crippen molar-refractivity contribution in [2.45, 2.75) is 105 Å². The summed E-state index contributed by atoms with van der Waals surface area (Å²) in [6, 6.07) is 7.73. The van der Waals surface area contributed by atoms with Crippen LogP contribution in [0.5, 0.6) is 0 Å². The molecule has 0 heterocycles. The molecule has 0 fully saturated rings. The van der Waals surface area contributed by atoms with Crippen molar-refractivity contribution in [1.29, 1.82) is 21.0 Å². The Morgan fingerprint density at radius 3 is 0.932 bits per heavy atom. The monoisotopic (exact) mass is 619 g/mol. The second-order valence-electron chi connectivity index (χ2n) is 9.57. The van der Waals surface area contributed by atoms with Gasteiger partial charge in [0.15, 0.2) is 0 Å². The Morgan fingerprint density at radius 2 is 0.795 bits per heavy atom. The number of rotatable bonds is 17. The van der Waals surface area contributed by atoms with Crippen molar-refractivity contribution < 1.29 is 44.1 Å². The lowest BCUT2D eigenvalue weighted by molar-refractivity contribution is -0.140. The van der Waals surface area contributed by atoms with Gasteiger partial charge in [0.1, 0.15) is 17.3 Å². The number of nitriles is 4. The number of carboxylic acids is 3. The van der Waals surface area contributed by atoms with E-state index in [0.29, 0.717) is 19.3 Å². The summed E-state index contributed by atoms with van der Waals surface area (Å²) < 4.78 is 0. The van der Waals surface area contributed by atoms with E-state index in [9.17, 15) is 28.8 Å². The molecule has 6 N–H and O–H groups in total. The van der Waals surface area contributed by atoms with Crippen LogP contribution in [0.25, 0.3) is 0 Å². The molecule has 244 valence electrons. The van der Waals surface area contributed by atoms with E-state index >= 15 is 0 Å². The van der Waals surface area contributed by atoms with E-state index in [4.69, 9.17) is 36.4 Å². The molecule has 14 nitrogen and oxygen atoms in total. The van der Waals surface area contributed by atoms with Crippen LogP contribution in [-0.4, -0.2) is 50.6 Å². The van der Waals surface area contributed by atoms with Crippen LogP contribution >= 0.6 is 0 Å². The minimum Gasteiger partial charge on any atom is -0.481 e. The molecule has 0 aliphatic heterocycles. The van der Waals surface area contributed by atoms with E-state index in [1.807, 2.05) is 18.2 Å². The van der Waals surface area contributed by atoms with Gasteiger partial charge in [0.25, 0.3) is 0 Å². The van der Waals surface area contributed by atoms with Gasteiger partial charge < -0.3 is 26.3 Å². The summed E-state index contributed by atoms with van der Waals surface area (Å²) in [5.41, 5.74) is -1.84. The normalized spacial score (nSPS) is 9.27. The highest BCUT2D eigenvalue weighted by Crippen LogP contribution is 2.37. The molecule has 0 bridgehead atoms. The van der Waals surface area contributed by atoms with Crippen molar-refractivity contribution in [3.8, 4) is 24.3 Å². The Hall–Kier alpha value is -4.92. The highest BCUT2D eigenvalue weighted by Gasteiger charge is 2.36. The molecule has 0 rings (SSSR count). The van der Waals surface area contributed by atoms with Gasteiger partial charge in [0, 0.05) is 55.4 Å². The van der Waals surface area contributed by atoms with Crippen LogP contribution in [0.1, 0.15) is 105 Å². The predicted molar refractivity (Wildman–Crippen MR) is 159 cm³/mol. The van der Waals surface area contributed by atoms with E-state index in [-0.39, 0.29) is 81.3 Å². The number of hydrogen-bond donors (Lipinski definition) is 4. The van der Waals surface area contributed by atoms with E-state index in [1.165, 1.54) is 33.8 Å². The Labute approximate surface area is 259 Å². The fourth-order valence-corrected chi connectivity index (χ4v) is 3.73. The van der Waals surface area contributed by atoms with Crippen LogP contribution < -0.4 is 6.15 Å². The van der Waals surface area contributed by atoms with Gasteiger partial charge in [-0.25, -0.2) is 0 Å². The zero-order chi connectivity index (χ0) is 34.5. The maximum absolute atomic E-state index is 11.7. The first kappa shape index (κ1) is 48.8. The van der Waals surface area contributed by atoms with Gasteiger partial charge in [-0.1, -0.05) is 6.58 Å². The van der Waals surface area contributed by atoms with Crippen molar-refractivity contribution in [2.75, 3.05) is 0 Å². The zero-order valence-corrected chi connectivity index (χ0v) is 26.1. The third-order valence-corrected chi connectivity index (χ3v) is 6.18. The van der Waals surface area contributed by atoms with Gasteiger partial charge in [0.2, 0.25) is 0 Å². The smallest absolute Gasteiger partial charge is 0.303 e. The number of hydrogen-bond acceptors (Lipinski definition) is 11. The number of ketones is 3. The molecule has 0 aliphatic carbocycles. The summed E-state index contributed by atoms with van der Waals surface area (Å²) >= 11 is 0. The first-order valence-electron chi connectivity index (χ1n) is 13.2. The molecular weight excluding hydrogens is 574 g/mol. The molecule has 0 atom stereocenters. The summed E-state index contributed by atoms with van der Waals surface area (Å²) in [7, 11) is 0. The van der Waals surface area contributed by atoms with Crippen molar-refractivity contribution >= 4 is 35.3 Å². The summed E-state index contributed by atoms with van der Waals surface area (Å²) in [6.07, 6.45) is 2.38. The van der Waals surface area contributed by atoms with E-state index in [2.05, 4.69) is 6.58 Å². The highest BCUT2D eigenvalue weighted by atomic mass is 16.4. The predicted octanol–water partition coefficient (Wildman–Crippen LogP) is 5.08. The standard InChI is InChI=1S/C12H15N3O.C12H18O7.C3H3N.C3H6O.H3N/c1-11(16)12(5-2-8-13,6-3-9-14)7-4-10-15;1-8(13)12(5-2-9(14)15,6-3-10(16)17)7-4-11(18)19;1-2-3-4;1-3(2)4;/h2-7H2,1H3;2-7H2,1H3,(H,14,15)(H,16,17)(H,18,19);2H,1H2;1-2H3;1H3. The summed E-state index contributed by atoms with van der Waals surface area (Å²) in [4.78, 5) is 64.6. The molecule has 0 aliphatic rings. The minimum atomic E-state index is -1.19. The molecule has 0 amide bonds. The Morgan fingerprint density at radius 1 is 0.591 bits per heavy atom. The number of carbonyl (C=O) groups is 6. The molecule has 0 aromatic heterocycles. The lowest BCUT2D eigenvalue weighted by atomic mass is 9.72. The maximum atomic E-state index is 11.7. The van der Waals surface area contributed by atoms with Crippen molar-refractivity contribution in [2.24, 2.45) is 10.8 Å². The van der Waals surface area contributed by atoms with Gasteiger partial charge in [-0.15, -0.1) is 0 Å². The van der Waals surface area contributed by atoms with E-state index in [1.54, 1.807) is 6.07 Å². The SMILES string of the molecule is C=CC#N.CC(=O)C(CCC#N)(CCC#N)CCC#N.CC(=O)C(CCC(=O)O)(CCC(=O)O)CCC(=O)O.CC(C)=O.N. The fourth-order valence-electron chi connectivity index (χ4n) is 3.73. The first-order chi connectivity index (χ1) is 20.0. The number of nitrogens with zero attached hydrogens (tertiary/aromatic N) is 4. The lowest BCUT2D eigenvalue weighted by Crippen LogP contribution is -2.32. The van der Waals surface area contributed by atoms with E-state index < -0.39 is 28.7 Å². The quantitative estimate of drug-likeness (QED) is 0.154. The van der Waals surface area contributed by atoms with Crippen LogP contribution in [-0.2, 0) is 28.8 Å². The topological polar surface area (TPSA) is 293 Å². The first-order valence-corrected chi connectivity index (χ1v) is 13.2. The van der Waals surface area contributed by atoms with Crippen LogP contribution in [0.2, 0.25) is 0 Å². The Kier molecular flexibility index (Phi) is 32.8. The van der Waals surface area contributed by atoms with Gasteiger partial charge in [-0.2, -0.15) is 21.0 Å². The molecule has 0 unspecified atom stereocenters. The van der Waals surface area contributed by atoms with Crippen molar-refractivity contribution in [3.63, 3.8) is 0 Å². The molecular formula is C30H45N5O9. The Bertz CT molecular complexity index is 1010. The van der Waals surface area contributed by atoms with Gasteiger partial charge in [0.05, 0.1) is 24.3 Å². The average molecular weight is 620 g/mol. The van der Waals surface area contributed by atoms with Gasteiger partial charge >= 0.3 is 17.9 Å². The highest BCUT2D eigenvalue weighted by molar-refractivity contribution is 5.84. The summed E-state index contributed by atoms with van der Waals surface area (Å²) in [5.74, 6) is -3.52.